The number of aryl methyl sites for hydroxylation is 2. The fourth-order valence-corrected chi connectivity index (χ4v) is 4.50. The molecular weight excluding hydrogens is 378 g/mol. The number of aromatic nitrogens is 5. The fourth-order valence-electron chi connectivity index (χ4n) is 2.65. The molecule has 2 aromatic heterocycles. The first-order valence-electron chi connectivity index (χ1n) is 8.72. The maximum absolute atomic E-state index is 5.29. The molecule has 2 heterocycles. The van der Waals surface area contributed by atoms with Gasteiger partial charge in [-0.3, -0.25) is 0 Å². The molecule has 6 nitrogen and oxygen atoms in total. The smallest absolute Gasteiger partial charge is 0.191 e. The Morgan fingerprint density at radius 2 is 1.78 bits per heavy atom. The molecule has 0 radical (unpaired) electrons. The van der Waals surface area contributed by atoms with Gasteiger partial charge in [-0.05, 0) is 44.5 Å². The van der Waals surface area contributed by atoms with Crippen LogP contribution in [0.2, 0.25) is 0 Å². The van der Waals surface area contributed by atoms with E-state index in [1.165, 1.54) is 5.56 Å². The highest BCUT2D eigenvalue weighted by atomic mass is 32.2. The van der Waals surface area contributed by atoms with Crippen LogP contribution in [0.1, 0.15) is 29.7 Å². The Hall–Kier alpha value is -2.06. The minimum atomic E-state index is 0.698. The average Bonchev–Trinajstić information content (AvgIpc) is 3.06. The summed E-state index contributed by atoms with van der Waals surface area (Å²) in [6.45, 7) is 6.92. The lowest BCUT2D eigenvalue weighted by Crippen LogP contribution is -2.03. The molecule has 0 unspecified atom stereocenters. The van der Waals surface area contributed by atoms with Crippen molar-refractivity contribution in [3.05, 3.63) is 53.1 Å². The van der Waals surface area contributed by atoms with Gasteiger partial charge in [0, 0.05) is 23.7 Å². The molecule has 3 rings (SSSR count). The largest absolute Gasteiger partial charge is 0.497 e. The van der Waals surface area contributed by atoms with E-state index in [1.54, 1.807) is 30.6 Å². The van der Waals surface area contributed by atoms with Gasteiger partial charge in [0.2, 0.25) is 0 Å². The molecule has 0 amide bonds. The molecule has 0 N–H and O–H groups in total. The zero-order chi connectivity index (χ0) is 19.2. The highest BCUT2D eigenvalue weighted by molar-refractivity contribution is 7.98. The second kappa shape index (κ2) is 9.23. The molecule has 0 spiro atoms. The van der Waals surface area contributed by atoms with Crippen molar-refractivity contribution >= 4 is 23.5 Å². The van der Waals surface area contributed by atoms with Gasteiger partial charge in [0.15, 0.2) is 10.3 Å². The van der Waals surface area contributed by atoms with Crippen LogP contribution in [0.5, 0.6) is 5.75 Å². The lowest BCUT2D eigenvalue weighted by Gasteiger charge is -2.08. The van der Waals surface area contributed by atoms with Crippen LogP contribution in [-0.2, 0) is 18.1 Å². The van der Waals surface area contributed by atoms with Crippen molar-refractivity contribution in [1.29, 1.82) is 0 Å². The van der Waals surface area contributed by atoms with Gasteiger partial charge in [-0.15, -0.1) is 10.2 Å². The van der Waals surface area contributed by atoms with Gasteiger partial charge in [-0.1, -0.05) is 35.7 Å². The van der Waals surface area contributed by atoms with Crippen LogP contribution < -0.4 is 4.74 Å². The van der Waals surface area contributed by atoms with Crippen molar-refractivity contribution in [2.45, 2.75) is 49.1 Å². The lowest BCUT2D eigenvalue weighted by molar-refractivity contribution is 0.414. The number of hydrogen-bond donors (Lipinski definition) is 0. The summed E-state index contributed by atoms with van der Waals surface area (Å²) in [7, 11) is 1.68. The van der Waals surface area contributed by atoms with Gasteiger partial charge in [0.1, 0.15) is 11.6 Å². The first-order valence-corrected chi connectivity index (χ1v) is 10.7. The van der Waals surface area contributed by atoms with Gasteiger partial charge < -0.3 is 9.30 Å². The second-order valence-electron chi connectivity index (χ2n) is 6.01. The summed E-state index contributed by atoms with van der Waals surface area (Å²) < 4.78 is 7.44. The fraction of sp³-hybridized carbons (Fsp3) is 0.368. The maximum Gasteiger partial charge on any atom is 0.191 e. The zero-order valence-corrected chi connectivity index (χ0v) is 17.6. The molecule has 3 aromatic rings. The second-order valence-corrected chi connectivity index (χ2v) is 7.89. The Labute approximate surface area is 168 Å². The molecule has 0 saturated heterocycles. The number of thioether (sulfide) groups is 2. The molecule has 8 heteroatoms. The van der Waals surface area contributed by atoms with Crippen molar-refractivity contribution < 1.29 is 4.74 Å². The van der Waals surface area contributed by atoms with E-state index in [1.807, 2.05) is 38.1 Å². The number of ether oxygens (including phenoxy) is 1. The van der Waals surface area contributed by atoms with Crippen molar-refractivity contribution in [3.63, 3.8) is 0 Å². The first-order chi connectivity index (χ1) is 13.1. The molecule has 0 aliphatic carbocycles. The molecule has 0 aliphatic heterocycles. The van der Waals surface area contributed by atoms with Crippen LogP contribution in [0, 0.1) is 13.8 Å². The Kier molecular flexibility index (Phi) is 6.73. The third kappa shape index (κ3) is 5.23. The van der Waals surface area contributed by atoms with E-state index in [4.69, 9.17) is 4.74 Å². The quantitative estimate of drug-likeness (QED) is 0.412. The van der Waals surface area contributed by atoms with Gasteiger partial charge in [0.05, 0.1) is 12.9 Å². The van der Waals surface area contributed by atoms with E-state index >= 15 is 0 Å². The molecule has 0 bridgehead atoms. The monoisotopic (exact) mass is 401 g/mol. The first kappa shape index (κ1) is 19.7. The van der Waals surface area contributed by atoms with Gasteiger partial charge in [0.25, 0.3) is 0 Å². The van der Waals surface area contributed by atoms with Crippen molar-refractivity contribution in [2.24, 2.45) is 0 Å². The normalized spacial score (nSPS) is 11.0. The molecule has 1 aromatic carbocycles. The minimum Gasteiger partial charge on any atom is -0.497 e. The van der Waals surface area contributed by atoms with E-state index in [9.17, 15) is 0 Å². The molecule has 27 heavy (non-hydrogen) atoms. The van der Waals surface area contributed by atoms with Crippen LogP contribution >= 0.6 is 23.5 Å². The van der Waals surface area contributed by atoms with E-state index in [2.05, 4.69) is 37.7 Å². The molecule has 0 aliphatic rings. The van der Waals surface area contributed by atoms with E-state index in [0.29, 0.717) is 5.75 Å². The van der Waals surface area contributed by atoms with Gasteiger partial charge >= 0.3 is 0 Å². The van der Waals surface area contributed by atoms with Gasteiger partial charge in [-0.2, -0.15) is 0 Å². The molecule has 142 valence electrons. The Morgan fingerprint density at radius 1 is 1.00 bits per heavy atom. The van der Waals surface area contributed by atoms with Crippen LogP contribution in [-0.4, -0.2) is 31.8 Å². The number of methoxy groups -OCH3 is 1. The van der Waals surface area contributed by atoms with Crippen molar-refractivity contribution in [3.8, 4) is 5.75 Å². The number of benzene rings is 1. The summed E-state index contributed by atoms with van der Waals surface area (Å²) in [6, 6.07) is 10.1. The average molecular weight is 402 g/mol. The zero-order valence-electron chi connectivity index (χ0n) is 16.0. The van der Waals surface area contributed by atoms with Crippen LogP contribution in [0.15, 0.2) is 40.6 Å². The summed E-state index contributed by atoms with van der Waals surface area (Å²) in [5, 5.41) is 10.5. The standard InChI is InChI=1S/C19H23N5OS2/c1-5-24-17(12-26-18-20-13(2)9-14(3)21-18)22-23-19(24)27-11-15-7-6-8-16(10-15)25-4/h6-10H,5,11-12H2,1-4H3. The topological polar surface area (TPSA) is 65.7 Å². The summed E-state index contributed by atoms with van der Waals surface area (Å²) in [4.78, 5) is 8.96. The van der Waals surface area contributed by atoms with Crippen LogP contribution in [0.25, 0.3) is 0 Å². The summed E-state index contributed by atoms with van der Waals surface area (Å²) in [5.41, 5.74) is 3.16. The number of rotatable bonds is 8. The van der Waals surface area contributed by atoms with E-state index in [0.717, 1.165) is 45.6 Å². The third-order valence-corrected chi connectivity index (χ3v) is 5.79. The van der Waals surface area contributed by atoms with E-state index < -0.39 is 0 Å². The summed E-state index contributed by atoms with van der Waals surface area (Å²) in [6.07, 6.45) is 0. The highest BCUT2D eigenvalue weighted by Crippen LogP contribution is 2.26. The third-order valence-electron chi connectivity index (χ3n) is 3.90. The summed E-state index contributed by atoms with van der Waals surface area (Å²) in [5.74, 6) is 3.33. The Bertz CT molecular complexity index is 893. The van der Waals surface area contributed by atoms with E-state index in [-0.39, 0.29) is 0 Å². The molecule has 0 fully saturated rings. The van der Waals surface area contributed by atoms with Crippen LogP contribution in [0.4, 0.5) is 0 Å². The highest BCUT2D eigenvalue weighted by Gasteiger charge is 2.13. The summed E-state index contributed by atoms with van der Waals surface area (Å²) >= 11 is 3.28. The Balaban J connectivity index is 1.66. The Morgan fingerprint density at radius 3 is 2.48 bits per heavy atom. The number of hydrogen-bond acceptors (Lipinski definition) is 7. The SMILES string of the molecule is CCn1c(CSc2nc(C)cc(C)n2)nnc1SCc1cccc(OC)c1. The molecule has 0 atom stereocenters. The van der Waals surface area contributed by atoms with Crippen molar-refractivity contribution in [2.75, 3.05) is 7.11 Å². The van der Waals surface area contributed by atoms with Crippen LogP contribution in [0.3, 0.4) is 0 Å². The predicted octanol–water partition coefficient (Wildman–Crippen LogP) is 4.30. The number of nitrogens with zero attached hydrogens (tertiary/aromatic N) is 5. The van der Waals surface area contributed by atoms with Crippen molar-refractivity contribution in [1.82, 2.24) is 24.7 Å². The molecular formula is C19H23N5OS2. The molecule has 0 saturated carbocycles. The maximum atomic E-state index is 5.29. The van der Waals surface area contributed by atoms with Gasteiger partial charge in [-0.25, -0.2) is 9.97 Å². The minimum absolute atomic E-state index is 0.698. The predicted molar refractivity (Wildman–Crippen MR) is 109 cm³/mol. The lowest BCUT2D eigenvalue weighted by atomic mass is 10.2.